The van der Waals surface area contributed by atoms with Crippen LogP contribution in [0.5, 0.6) is 0 Å². The molecule has 0 saturated carbocycles. The second-order valence-electron chi connectivity index (χ2n) is 5.37. The van der Waals surface area contributed by atoms with E-state index in [4.69, 9.17) is 11.0 Å². The second kappa shape index (κ2) is 6.98. The number of nitrogens with two attached hydrogens (primary N) is 1. The van der Waals surface area contributed by atoms with Gasteiger partial charge in [-0.05, 0) is 18.2 Å². The Labute approximate surface area is 147 Å². The Morgan fingerprint density at radius 3 is 2.92 bits per heavy atom. The average molecular weight is 352 g/mol. The Morgan fingerprint density at radius 2 is 2.19 bits per heavy atom. The van der Waals surface area contributed by atoms with Crippen molar-refractivity contribution >= 4 is 28.5 Å². The smallest absolute Gasteiger partial charge is 0.337 e. The van der Waals surface area contributed by atoms with Crippen LogP contribution in [0.1, 0.15) is 21.6 Å². The highest BCUT2D eigenvalue weighted by Crippen LogP contribution is 2.21. The first-order valence-electron chi connectivity index (χ1n) is 7.57. The molecule has 0 bridgehead atoms. The third-order valence-corrected chi connectivity index (χ3v) is 3.76. The number of pyridine rings is 1. The van der Waals surface area contributed by atoms with Gasteiger partial charge in [-0.1, -0.05) is 6.07 Å². The van der Waals surface area contributed by atoms with Crippen LogP contribution in [-0.2, 0) is 6.42 Å². The van der Waals surface area contributed by atoms with Crippen LogP contribution < -0.4 is 11.1 Å². The van der Waals surface area contributed by atoms with Gasteiger partial charge < -0.3 is 16.2 Å². The highest BCUT2D eigenvalue weighted by Gasteiger charge is 2.15. The third-order valence-electron chi connectivity index (χ3n) is 3.76. The molecule has 1 aromatic carbocycles. The molecule has 0 atom stereocenters. The number of carboxylic acids is 1. The first-order valence-corrected chi connectivity index (χ1v) is 7.57. The van der Waals surface area contributed by atoms with Gasteiger partial charge in [-0.2, -0.15) is 5.26 Å². The number of nitrogens with one attached hydrogen (secondary N) is 1. The molecule has 3 aromatic rings. The van der Waals surface area contributed by atoms with Crippen molar-refractivity contribution in [1.82, 2.24) is 15.0 Å². The molecule has 0 fully saturated rings. The van der Waals surface area contributed by atoms with E-state index >= 15 is 0 Å². The number of nitrogens with zero attached hydrogens (tertiary/aromatic N) is 4. The van der Waals surface area contributed by atoms with Crippen molar-refractivity contribution in [3.05, 3.63) is 53.2 Å². The third kappa shape index (κ3) is 3.21. The van der Waals surface area contributed by atoms with Crippen molar-refractivity contribution in [1.29, 1.82) is 5.26 Å². The molecular formula is C17H13FN6O2. The van der Waals surface area contributed by atoms with Crippen molar-refractivity contribution in [2.75, 3.05) is 17.6 Å². The highest BCUT2D eigenvalue weighted by atomic mass is 19.1. The summed E-state index contributed by atoms with van der Waals surface area (Å²) in [7, 11) is 0. The van der Waals surface area contributed by atoms with Crippen molar-refractivity contribution in [2.45, 2.75) is 6.42 Å². The quantitative estimate of drug-likeness (QED) is 0.633. The number of halogens is 1. The molecule has 0 aliphatic carbocycles. The number of benzene rings is 1. The molecule has 0 saturated heterocycles. The van der Waals surface area contributed by atoms with Crippen LogP contribution in [0.4, 0.5) is 16.0 Å². The zero-order chi connectivity index (χ0) is 18.7. The van der Waals surface area contributed by atoms with Gasteiger partial charge in [0.25, 0.3) is 0 Å². The van der Waals surface area contributed by atoms with Crippen molar-refractivity contribution in [2.24, 2.45) is 0 Å². The van der Waals surface area contributed by atoms with Crippen LogP contribution in [0.25, 0.3) is 10.9 Å². The van der Waals surface area contributed by atoms with E-state index in [9.17, 15) is 14.3 Å². The van der Waals surface area contributed by atoms with E-state index in [0.29, 0.717) is 11.2 Å². The second-order valence-corrected chi connectivity index (χ2v) is 5.37. The lowest BCUT2D eigenvalue weighted by molar-refractivity contribution is 0.0695. The van der Waals surface area contributed by atoms with Crippen LogP contribution >= 0.6 is 0 Å². The summed E-state index contributed by atoms with van der Waals surface area (Å²) in [6, 6.07) is 7.56. The van der Waals surface area contributed by atoms with Gasteiger partial charge in [-0.25, -0.2) is 19.2 Å². The topological polar surface area (TPSA) is 138 Å². The Morgan fingerprint density at radius 1 is 1.38 bits per heavy atom. The number of carboxylic acid groups (broad SMARTS) is 1. The lowest BCUT2D eigenvalue weighted by atomic mass is 10.1. The van der Waals surface area contributed by atoms with E-state index in [1.807, 2.05) is 6.07 Å². The fraction of sp³-hybridized carbons (Fsp3) is 0.118. The molecule has 26 heavy (non-hydrogen) atoms. The number of nitriles is 1. The molecular weight excluding hydrogens is 339 g/mol. The minimum atomic E-state index is -1.19. The molecule has 0 aliphatic heterocycles. The highest BCUT2D eigenvalue weighted by molar-refractivity contribution is 5.94. The largest absolute Gasteiger partial charge is 0.478 e. The van der Waals surface area contributed by atoms with Crippen LogP contribution in [-0.4, -0.2) is 32.6 Å². The first-order chi connectivity index (χ1) is 12.5. The van der Waals surface area contributed by atoms with Crippen LogP contribution in [0.3, 0.4) is 0 Å². The van der Waals surface area contributed by atoms with E-state index in [1.165, 1.54) is 24.5 Å². The molecule has 4 N–H and O–H groups in total. The fourth-order valence-corrected chi connectivity index (χ4v) is 2.52. The molecule has 130 valence electrons. The van der Waals surface area contributed by atoms with E-state index in [-0.39, 0.29) is 41.1 Å². The van der Waals surface area contributed by atoms with Gasteiger partial charge >= 0.3 is 5.97 Å². The number of nitrogen functional groups attached to an aromatic ring is 1. The summed E-state index contributed by atoms with van der Waals surface area (Å²) in [5, 5.41) is 21.6. The molecule has 0 amide bonds. The predicted molar refractivity (Wildman–Crippen MR) is 92.0 cm³/mol. The number of carbonyl (C=O) groups is 1. The number of fused-ring (bicyclic) bond motifs is 1. The standard InChI is InChI=1S/C17H13FN6O2/c18-12-2-1-3-13-9(12)6-10(17(25)26)14(24-13)4-5-21-16-11(7-19)15(20)22-8-23-16/h1-3,6,8H,4-5H2,(H,25,26)(H3,20,21,22,23). The summed E-state index contributed by atoms with van der Waals surface area (Å²) in [5.74, 6) is -1.42. The summed E-state index contributed by atoms with van der Waals surface area (Å²) >= 11 is 0. The maximum absolute atomic E-state index is 13.9. The Balaban J connectivity index is 1.87. The van der Waals surface area contributed by atoms with Gasteiger partial charge in [-0.15, -0.1) is 0 Å². The molecule has 9 heteroatoms. The van der Waals surface area contributed by atoms with Crippen LogP contribution in [0, 0.1) is 17.1 Å². The zero-order valence-corrected chi connectivity index (χ0v) is 13.4. The molecule has 0 unspecified atom stereocenters. The number of aromatic carboxylic acids is 1. The van der Waals surface area contributed by atoms with Crippen molar-refractivity contribution in [3.63, 3.8) is 0 Å². The summed E-state index contributed by atoms with van der Waals surface area (Å²) < 4.78 is 13.9. The molecule has 2 aromatic heterocycles. The normalized spacial score (nSPS) is 10.5. The summed E-state index contributed by atoms with van der Waals surface area (Å²) in [6.07, 6.45) is 1.45. The Hall–Kier alpha value is -3.80. The molecule has 8 nitrogen and oxygen atoms in total. The number of aromatic nitrogens is 3. The average Bonchev–Trinajstić information content (AvgIpc) is 2.61. The van der Waals surface area contributed by atoms with E-state index < -0.39 is 11.8 Å². The number of anilines is 2. The van der Waals surface area contributed by atoms with Gasteiger partial charge in [0.2, 0.25) is 0 Å². The predicted octanol–water partition coefficient (Wildman–Crippen LogP) is 1.97. The Bertz CT molecular complexity index is 1050. The van der Waals surface area contributed by atoms with Gasteiger partial charge in [0.15, 0.2) is 0 Å². The van der Waals surface area contributed by atoms with Gasteiger partial charge in [0.1, 0.15) is 35.4 Å². The number of rotatable bonds is 5. The first kappa shape index (κ1) is 17.0. The van der Waals surface area contributed by atoms with Gasteiger partial charge in [0, 0.05) is 18.4 Å². The SMILES string of the molecule is N#Cc1c(N)ncnc1NCCc1nc2cccc(F)c2cc1C(=O)O. The maximum atomic E-state index is 13.9. The molecule has 0 spiro atoms. The minimum Gasteiger partial charge on any atom is -0.478 e. The lowest BCUT2D eigenvalue weighted by Crippen LogP contribution is -2.13. The van der Waals surface area contributed by atoms with E-state index in [0.717, 1.165) is 0 Å². The van der Waals surface area contributed by atoms with Gasteiger partial charge in [-0.3, -0.25) is 4.98 Å². The van der Waals surface area contributed by atoms with Crippen molar-refractivity contribution < 1.29 is 14.3 Å². The molecule has 0 aliphatic rings. The molecule has 3 rings (SSSR count). The van der Waals surface area contributed by atoms with Crippen molar-refractivity contribution in [3.8, 4) is 6.07 Å². The van der Waals surface area contributed by atoms with Gasteiger partial charge in [0.05, 0.1) is 16.8 Å². The number of hydrogen-bond acceptors (Lipinski definition) is 7. The number of hydrogen-bond donors (Lipinski definition) is 3. The zero-order valence-electron chi connectivity index (χ0n) is 13.4. The van der Waals surface area contributed by atoms with Crippen LogP contribution in [0.15, 0.2) is 30.6 Å². The fourth-order valence-electron chi connectivity index (χ4n) is 2.52. The maximum Gasteiger partial charge on any atom is 0.337 e. The molecule has 2 heterocycles. The summed E-state index contributed by atoms with van der Waals surface area (Å²) in [6.45, 7) is 0.249. The van der Waals surface area contributed by atoms with E-state index in [1.54, 1.807) is 6.07 Å². The minimum absolute atomic E-state index is 0.0514. The molecule has 0 radical (unpaired) electrons. The Kier molecular flexibility index (Phi) is 4.57. The summed E-state index contributed by atoms with van der Waals surface area (Å²) in [4.78, 5) is 23.4. The lowest BCUT2D eigenvalue weighted by Gasteiger charge is -2.10. The van der Waals surface area contributed by atoms with Crippen LogP contribution in [0.2, 0.25) is 0 Å². The van der Waals surface area contributed by atoms with E-state index in [2.05, 4.69) is 20.3 Å². The summed E-state index contributed by atoms with van der Waals surface area (Å²) in [5.41, 5.74) is 6.31. The monoisotopic (exact) mass is 352 g/mol.